The van der Waals surface area contributed by atoms with E-state index in [0.29, 0.717) is 12.6 Å². The molecule has 1 amide bonds. The monoisotopic (exact) mass is 304 g/mol. The molecule has 1 heterocycles. The van der Waals surface area contributed by atoms with Gasteiger partial charge in [-0.3, -0.25) is 4.79 Å². The van der Waals surface area contributed by atoms with Crippen LogP contribution in [-0.2, 0) is 10.2 Å². The largest absolute Gasteiger partial charge is 0.355 e. The minimum Gasteiger partial charge on any atom is -0.355 e. The molecule has 3 nitrogen and oxygen atoms in total. The van der Waals surface area contributed by atoms with E-state index in [2.05, 4.69) is 17.6 Å². The summed E-state index contributed by atoms with van der Waals surface area (Å²) in [6.07, 6.45) is 5.15. The Morgan fingerprint density at radius 2 is 2.09 bits per heavy atom. The maximum atomic E-state index is 13.1. The maximum absolute atomic E-state index is 13.1. The number of halogens is 1. The van der Waals surface area contributed by atoms with Gasteiger partial charge in [-0.05, 0) is 56.8 Å². The molecule has 1 saturated heterocycles. The molecule has 120 valence electrons. The molecule has 0 spiro atoms. The third-order valence-corrected chi connectivity index (χ3v) is 5.36. The zero-order chi connectivity index (χ0) is 15.6. The number of carbonyl (C=O) groups is 1. The number of carbonyl (C=O) groups excluding carboxylic acids is 1. The van der Waals surface area contributed by atoms with Gasteiger partial charge in [-0.15, -0.1) is 0 Å². The Bertz CT molecular complexity index is 524. The summed E-state index contributed by atoms with van der Waals surface area (Å²) >= 11 is 0. The van der Waals surface area contributed by atoms with Crippen molar-refractivity contribution in [3.63, 3.8) is 0 Å². The molecule has 2 atom stereocenters. The van der Waals surface area contributed by atoms with Crippen LogP contribution in [0.3, 0.4) is 0 Å². The van der Waals surface area contributed by atoms with Gasteiger partial charge in [0.15, 0.2) is 0 Å². The fourth-order valence-electron chi connectivity index (χ4n) is 3.75. The molecule has 3 rings (SSSR count). The Labute approximate surface area is 131 Å². The highest BCUT2D eigenvalue weighted by molar-refractivity contribution is 5.79. The van der Waals surface area contributed by atoms with Crippen molar-refractivity contribution in [3.05, 3.63) is 35.6 Å². The summed E-state index contributed by atoms with van der Waals surface area (Å²) in [5.41, 5.74) is 1.17. The van der Waals surface area contributed by atoms with Crippen LogP contribution in [0.2, 0.25) is 0 Å². The van der Waals surface area contributed by atoms with Gasteiger partial charge >= 0.3 is 0 Å². The fraction of sp³-hybridized carbons (Fsp3) is 0.611. The van der Waals surface area contributed by atoms with E-state index in [0.717, 1.165) is 37.8 Å². The van der Waals surface area contributed by atoms with Crippen molar-refractivity contribution < 1.29 is 9.18 Å². The number of hydrogen-bond acceptors (Lipinski definition) is 2. The van der Waals surface area contributed by atoms with Crippen LogP contribution in [0.5, 0.6) is 0 Å². The van der Waals surface area contributed by atoms with Crippen molar-refractivity contribution in [2.75, 3.05) is 13.1 Å². The molecule has 0 aromatic heterocycles. The molecule has 1 aliphatic carbocycles. The number of nitrogens with one attached hydrogen (secondary N) is 2. The average molecular weight is 304 g/mol. The van der Waals surface area contributed by atoms with Crippen LogP contribution >= 0.6 is 0 Å². The smallest absolute Gasteiger partial charge is 0.223 e. The first-order valence-corrected chi connectivity index (χ1v) is 8.36. The maximum Gasteiger partial charge on any atom is 0.223 e. The van der Waals surface area contributed by atoms with Crippen molar-refractivity contribution in [1.29, 1.82) is 0 Å². The lowest BCUT2D eigenvalue weighted by atomic mass is 9.64. The summed E-state index contributed by atoms with van der Waals surface area (Å²) in [5.74, 6) is 0.106. The lowest BCUT2D eigenvalue weighted by Gasteiger charge is -2.43. The van der Waals surface area contributed by atoms with E-state index in [1.165, 1.54) is 18.6 Å². The van der Waals surface area contributed by atoms with Crippen molar-refractivity contribution in [1.82, 2.24) is 10.6 Å². The second-order valence-electron chi connectivity index (χ2n) is 6.94. The first-order chi connectivity index (χ1) is 10.6. The highest BCUT2D eigenvalue weighted by Crippen LogP contribution is 2.43. The molecule has 22 heavy (non-hydrogen) atoms. The minimum absolute atomic E-state index is 0.0158. The molecule has 2 N–H and O–H groups in total. The topological polar surface area (TPSA) is 41.1 Å². The molecular weight excluding hydrogens is 279 g/mol. The van der Waals surface area contributed by atoms with Gasteiger partial charge < -0.3 is 10.6 Å². The van der Waals surface area contributed by atoms with Gasteiger partial charge in [-0.25, -0.2) is 4.39 Å². The average Bonchev–Trinajstić information content (AvgIpc) is 2.47. The summed E-state index contributed by atoms with van der Waals surface area (Å²) in [6, 6.07) is 7.19. The van der Waals surface area contributed by atoms with Gasteiger partial charge in [0.25, 0.3) is 0 Å². The number of amides is 1. The highest BCUT2D eigenvalue weighted by atomic mass is 19.1. The zero-order valence-corrected chi connectivity index (χ0v) is 13.2. The van der Waals surface area contributed by atoms with Crippen LogP contribution in [0.1, 0.15) is 44.6 Å². The van der Waals surface area contributed by atoms with Crippen molar-refractivity contribution >= 4 is 5.91 Å². The standard InChI is InChI=1S/C18H25FN2O/c1-13-11-14(7-10-20-13)17(22)21-12-18(8-2-9-18)15-3-5-16(19)6-4-15/h3-6,13-14,20H,2,7-12H2,1H3,(H,21,22)/t13-,14-/m0/s1. The molecule has 1 saturated carbocycles. The van der Waals surface area contributed by atoms with Gasteiger partial charge in [0, 0.05) is 23.9 Å². The summed E-state index contributed by atoms with van der Waals surface area (Å²) in [5, 5.41) is 6.55. The van der Waals surface area contributed by atoms with Crippen molar-refractivity contribution in [2.24, 2.45) is 5.92 Å². The van der Waals surface area contributed by atoms with Crippen molar-refractivity contribution in [2.45, 2.75) is 50.5 Å². The van der Waals surface area contributed by atoms with E-state index in [1.54, 1.807) is 0 Å². The van der Waals surface area contributed by atoms with Crippen LogP contribution in [0.25, 0.3) is 0 Å². The number of benzene rings is 1. The second kappa shape index (κ2) is 6.37. The van der Waals surface area contributed by atoms with E-state index in [9.17, 15) is 9.18 Å². The molecule has 0 radical (unpaired) electrons. The fourth-order valence-corrected chi connectivity index (χ4v) is 3.75. The molecule has 2 fully saturated rings. The van der Waals surface area contributed by atoms with Crippen molar-refractivity contribution in [3.8, 4) is 0 Å². The second-order valence-corrected chi connectivity index (χ2v) is 6.94. The molecule has 0 bridgehead atoms. The lowest BCUT2D eigenvalue weighted by molar-refractivity contribution is -0.126. The third kappa shape index (κ3) is 3.17. The van der Waals surface area contributed by atoms with E-state index in [4.69, 9.17) is 0 Å². The SMILES string of the molecule is C[C@H]1C[C@@H](C(=O)NCC2(c3ccc(F)cc3)CCC2)CCN1. The molecule has 1 aromatic rings. The van der Waals surface area contributed by atoms with Gasteiger partial charge in [0.1, 0.15) is 5.82 Å². The normalized spacial score (nSPS) is 27.0. The van der Waals surface area contributed by atoms with Gasteiger partial charge in [-0.2, -0.15) is 0 Å². The van der Waals surface area contributed by atoms with E-state index in [1.807, 2.05) is 12.1 Å². The first kappa shape index (κ1) is 15.5. The summed E-state index contributed by atoms with van der Waals surface area (Å²) < 4.78 is 13.1. The third-order valence-electron chi connectivity index (χ3n) is 5.36. The van der Waals surface area contributed by atoms with E-state index < -0.39 is 0 Å². The van der Waals surface area contributed by atoms with Gasteiger partial charge in [0.05, 0.1) is 0 Å². The zero-order valence-electron chi connectivity index (χ0n) is 13.2. The number of piperidine rings is 1. The minimum atomic E-state index is -0.203. The van der Waals surface area contributed by atoms with Crippen LogP contribution in [0, 0.1) is 11.7 Å². The number of hydrogen-bond donors (Lipinski definition) is 2. The molecule has 1 aliphatic heterocycles. The molecule has 2 aliphatic rings. The van der Waals surface area contributed by atoms with Crippen LogP contribution in [0.15, 0.2) is 24.3 Å². The Hall–Kier alpha value is -1.42. The molecule has 4 heteroatoms. The summed E-state index contributed by atoms with van der Waals surface area (Å²) in [4.78, 5) is 12.4. The first-order valence-electron chi connectivity index (χ1n) is 8.36. The highest BCUT2D eigenvalue weighted by Gasteiger charge is 2.39. The molecule has 1 aromatic carbocycles. The Morgan fingerprint density at radius 3 is 2.68 bits per heavy atom. The number of rotatable bonds is 4. The lowest BCUT2D eigenvalue weighted by Crippen LogP contribution is -2.49. The molecular formula is C18H25FN2O. The van der Waals surface area contributed by atoms with Crippen LogP contribution in [0.4, 0.5) is 4.39 Å². The predicted molar refractivity (Wildman–Crippen MR) is 85.1 cm³/mol. The van der Waals surface area contributed by atoms with Crippen LogP contribution in [-0.4, -0.2) is 25.0 Å². The molecule has 0 unspecified atom stereocenters. The Balaban J connectivity index is 1.61. The van der Waals surface area contributed by atoms with Gasteiger partial charge in [0.2, 0.25) is 5.91 Å². The van der Waals surface area contributed by atoms with E-state index >= 15 is 0 Å². The Morgan fingerprint density at radius 1 is 1.36 bits per heavy atom. The van der Waals surface area contributed by atoms with E-state index in [-0.39, 0.29) is 23.1 Å². The van der Waals surface area contributed by atoms with Crippen LogP contribution < -0.4 is 10.6 Å². The quantitative estimate of drug-likeness (QED) is 0.898. The predicted octanol–water partition coefficient (Wildman–Crippen LogP) is 2.75. The Kier molecular flexibility index (Phi) is 4.48. The van der Waals surface area contributed by atoms with Gasteiger partial charge in [-0.1, -0.05) is 18.6 Å². The summed E-state index contributed by atoms with van der Waals surface area (Å²) in [7, 11) is 0. The summed E-state index contributed by atoms with van der Waals surface area (Å²) in [6.45, 7) is 3.73.